The molecule has 0 aromatic rings. The predicted molar refractivity (Wildman–Crippen MR) is 252 cm³/mol. The van der Waals surface area contributed by atoms with Gasteiger partial charge in [-0.1, -0.05) is 150 Å². The Morgan fingerprint density at radius 1 is 0.533 bits per heavy atom. The van der Waals surface area contributed by atoms with Crippen LogP contribution < -0.4 is 0 Å². The zero-order valence-electron chi connectivity index (χ0n) is 38.7. The van der Waals surface area contributed by atoms with Crippen LogP contribution in [0.5, 0.6) is 0 Å². The monoisotopic (exact) mass is 861 g/mol. The van der Waals surface area contributed by atoms with Crippen LogP contribution in [0.15, 0.2) is 85.1 Å². The molecule has 0 aromatic heterocycles. The third kappa shape index (κ3) is 44.7. The number of quaternary nitrogens is 1. The SMILES string of the molecule is CC/C=C\C/C=C\C/C=C\C/C=C\C/C=C\CCCCCCCC(=O)OC(COC(=O)CCCCCCC/C=C\C/C=C\CCCCC)COP(=O)(O)OCC[N+](C)(C)C. The first kappa shape index (κ1) is 57.2. The van der Waals surface area contributed by atoms with Crippen LogP contribution in [0.4, 0.5) is 0 Å². The van der Waals surface area contributed by atoms with Gasteiger partial charge >= 0.3 is 19.8 Å². The van der Waals surface area contributed by atoms with Crippen molar-refractivity contribution in [3.8, 4) is 0 Å². The van der Waals surface area contributed by atoms with Gasteiger partial charge in [0.15, 0.2) is 6.10 Å². The lowest BCUT2D eigenvalue weighted by Gasteiger charge is -2.24. The number of phosphoric ester groups is 1. The van der Waals surface area contributed by atoms with E-state index in [-0.39, 0.29) is 26.1 Å². The number of esters is 2. The molecule has 2 atom stereocenters. The lowest BCUT2D eigenvalue weighted by molar-refractivity contribution is -0.870. The van der Waals surface area contributed by atoms with Crippen molar-refractivity contribution < 1.29 is 42.1 Å². The summed E-state index contributed by atoms with van der Waals surface area (Å²) in [7, 11) is 1.44. The molecule has 0 fully saturated rings. The average molecular weight is 861 g/mol. The van der Waals surface area contributed by atoms with E-state index in [1.165, 1.54) is 25.7 Å². The number of ether oxygens (including phenoxy) is 2. The topological polar surface area (TPSA) is 108 Å². The lowest BCUT2D eigenvalue weighted by Crippen LogP contribution is -2.37. The normalized spacial score (nSPS) is 14.3. The van der Waals surface area contributed by atoms with Gasteiger partial charge in [-0.2, -0.15) is 0 Å². The third-order valence-corrected chi connectivity index (χ3v) is 10.4. The van der Waals surface area contributed by atoms with Crippen molar-refractivity contribution in [3.05, 3.63) is 85.1 Å². The summed E-state index contributed by atoms with van der Waals surface area (Å²) in [6.07, 6.45) is 53.4. The minimum atomic E-state index is -4.39. The molecule has 0 heterocycles. The quantitative estimate of drug-likeness (QED) is 0.0213. The maximum Gasteiger partial charge on any atom is 0.472 e. The molecular weight excluding hydrogens is 774 g/mol. The van der Waals surface area contributed by atoms with Crippen LogP contribution in [0.3, 0.4) is 0 Å². The van der Waals surface area contributed by atoms with Crippen LogP contribution in [-0.4, -0.2) is 74.9 Å². The van der Waals surface area contributed by atoms with Gasteiger partial charge in [0, 0.05) is 12.8 Å². The Hall–Kier alpha value is -2.81. The molecule has 0 saturated heterocycles. The second kappa shape index (κ2) is 41.5. The van der Waals surface area contributed by atoms with Crippen molar-refractivity contribution in [2.24, 2.45) is 0 Å². The van der Waals surface area contributed by atoms with Crippen molar-refractivity contribution >= 4 is 19.8 Å². The van der Waals surface area contributed by atoms with E-state index in [1.54, 1.807) is 0 Å². The summed E-state index contributed by atoms with van der Waals surface area (Å²) < 4.78 is 34.3. The van der Waals surface area contributed by atoms with E-state index in [1.807, 2.05) is 21.1 Å². The molecule has 0 bridgehead atoms. The number of hydrogen-bond acceptors (Lipinski definition) is 7. The Balaban J connectivity index is 4.40. The number of rotatable bonds is 41. The van der Waals surface area contributed by atoms with Gasteiger partial charge in [0.05, 0.1) is 27.7 Å². The van der Waals surface area contributed by atoms with Crippen molar-refractivity contribution in [3.63, 3.8) is 0 Å². The number of phosphoric acid groups is 1. The largest absolute Gasteiger partial charge is 0.472 e. The Morgan fingerprint density at radius 3 is 1.42 bits per heavy atom. The zero-order valence-corrected chi connectivity index (χ0v) is 39.6. The van der Waals surface area contributed by atoms with Crippen LogP contribution in [-0.2, 0) is 32.7 Å². The highest BCUT2D eigenvalue weighted by molar-refractivity contribution is 7.47. The molecule has 0 radical (unpaired) electrons. The highest BCUT2D eigenvalue weighted by atomic mass is 31.2. The number of likely N-dealkylation sites (N-methyl/N-ethyl adjacent to an activating group) is 1. The van der Waals surface area contributed by atoms with Gasteiger partial charge in [-0.15, -0.1) is 0 Å². The molecular formula is C50H87NO8P+. The van der Waals surface area contributed by atoms with Gasteiger partial charge in [-0.05, 0) is 89.9 Å². The van der Waals surface area contributed by atoms with E-state index in [9.17, 15) is 19.0 Å². The molecule has 2 unspecified atom stereocenters. The van der Waals surface area contributed by atoms with Crippen LogP contribution in [0, 0.1) is 0 Å². The zero-order chi connectivity index (χ0) is 44.3. The number of carbonyl (C=O) groups is 2. The molecule has 344 valence electrons. The summed E-state index contributed by atoms with van der Waals surface area (Å²) in [5.41, 5.74) is 0. The molecule has 0 rings (SSSR count). The predicted octanol–water partition coefficient (Wildman–Crippen LogP) is 13.6. The fourth-order valence-electron chi connectivity index (χ4n) is 5.77. The first-order valence-electron chi connectivity index (χ1n) is 23.3. The second-order valence-corrected chi connectivity index (χ2v) is 17.9. The maximum atomic E-state index is 12.7. The highest BCUT2D eigenvalue weighted by Crippen LogP contribution is 2.43. The van der Waals surface area contributed by atoms with Crippen LogP contribution in [0.25, 0.3) is 0 Å². The van der Waals surface area contributed by atoms with Gasteiger partial charge in [-0.25, -0.2) is 4.57 Å². The minimum absolute atomic E-state index is 0.0204. The van der Waals surface area contributed by atoms with E-state index in [2.05, 4.69) is 98.9 Å². The van der Waals surface area contributed by atoms with E-state index in [0.717, 1.165) is 103 Å². The fourth-order valence-corrected chi connectivity index (χ4v) is 6.52. The molecule has 0 aliphatic heterocycles. The summed E-state index contributed by atoms with van der Waals surface area (Å²) in [5.74, 6) is -0.844. The van der Waals surface area contributed by atoms with Crippen LogP contribution in [0.1, 0.15) is 168 Å². The third-order valence-electron chi connectivity index (χ3n) is 9.41. The van der Waals surface area contributed by atoms with Crippen molar-refractivity contribution in [2.75, 3.05) is 47.5 Å². The Kier molecular flexibility index (Phi) is 39.6. The molecule has 10 heteroatoms. The van der Waals surface area contributed by atoms with Crippen molar-refractivity contribution in [2.45, 2.75) is 174 Å². The van der Waals surface area contributed by atoms with E-state index >= 15 is 0 Å². The van der Waals surface area contributed by atoms with Crippen molar-refractivity contribution in [1.29, 1.82) is 0 Å². The van der Waals surface area contributed by atoms with Gasteiger partial charge in [-0.3, -0.25) is 18.6 Å². The Morgan fingerprint density at radius 2 is 0.950 bits per heavy atom. The highest BCUT2D eigenvalue weighted by Gasteiger charge is 2.27. The number of nitrogens with zero attached hydrogens (tertiary/aromatic N) is 1. The molecule has 0 aliphatic rings. The summed E-state index contributed by atoms with van der Waals surface area (Å²) in [6.45, 7) is 4.22. The minimum Gasteiger partial charge on any atom is -0.462 e. The standard InChI is InChI=1S/C50H86NO8P/c1-6-8-10-12-14-16-18-20-22-23-24-25-26-27-29-31-33-35-37-39-41-43-50(53)59-48(47-58-60(54,55)57-45-44-51(3,4)5)46-56-49(52)42-40-38-36-34-32-30-28-21-19-17-15-13-11-9-7-2/h8,10,14-17,20-22,24-25,27-29,48H,6-7,9,11-13,18-19,23,26,30-47H2,1-5H3/p+1/b10-8-,16-14-,17-15-,22-20-,25-24-,28-21-,29-27-. The van der Waals surface area contributed by atoms with Crippen LogP contribution >= 0.6 is 7.82 Å². The molecule has 0 aromatic carbocycles. The molecule has 0 spiro atoms. The Labute approximate surface area is 367 Å². The van der Waals surface area contributed by atoms with Crippen LogP contribution in [0.2, 0.25) is 0 Å². The number of hydrogen-bond donors (Lipinski definition) is 1. The first-order valence-corrected chi connectivity index (χ1v) is 24.8. The van der Waals surface area contributed by atoms with Gasteiger partial charge in [0.25, 0.3) is 0 Å². The van der Waals surface area contributed by atoms with E-state index < -0.39 is 32.5 Å². The Bertz CT molecular complexity index is 1290. The van der Waals surface area contributed by atoms with E-state index in [4.69, 9.17) is 18.5 Å². The number of allylic oxidation sites excluding steroid dienone is 14. The molecule has 60 heavy (non-hydrogen) atoms. The summed E-state index contributed by atoms with van der Waals surface area (Å²) >= 11 is 0. The summed E-state index contributed by atoms with van der Waals surface area (Å²) in [4.78, 5) is 35.4. The molecule has 0 aliphatic carbocycles. The average Bonchev–Trinajstić information content (AvgIpc) is 3.20. The smallest absolute Gasteiger partial charge is 0.462 e. The number of carbonyl (C=O) groups excluding carboxylic acids is 2. The van der Waals surface area contributed by atoms with Gasteiger partial charge in [0.1, 0.15) is 19.8 Å². The van der Waals surface area contributed by atoms with Gasteiger partial charge in [0.2, 0.25) is 0 Å². The fraction of sp³-hybridized carbons (Fsp3) is 0.680. The van der Waals surface area contributed by atoms with Gasteiger partial charge < -0.3 is 18.9 Å². The number of unbranched alkanes of at least 4 members (excludes halogenated alkanes) is 13. The molecule has 1 N–H and O–H groups in total. The molecule has 9 nitrogen and oxygen atoms in total. The van der Waals surface area contributed by atoms with E-state index in [0.29, 0.717) is 23.9 Å². The van der Waals surface area contributed by atoms with Crippen molar-refractivity contribution in [1.82, 2.24) is 0 Å². The lowest BCUT2D eigenvalue weighted by atomic mass is 10.1. The molecule has 0 saturated carbocycles. The summed E-state index contributed by atoms with van der Waals surface area (Å²) in [5, 5.41) is 0. The maximum absolute atomic E-state index is 12.7. The molecule has 0 amide bonds. The first-order chi connectivity index (χ1) is 29.0. The second-order valence-electron chi connectivity index (χ2n) is 16.4. The summed E-state index contributed by atoms with van der Waals surface area (Å²) in [6, 6.07) is 0.